The third-order valence-electron chi connectivity index (χ3n) is 3.29. The van der Waals surface area contributed by atoms with Crippen LogP contribution < -0.4 is 5.84 Å². The van der Waals surface area contributed by atoms with Gasteiger partial charge in [-0.3, -0.25) is 10.1 Å². The number of hydrogen-bond donors (Lipinski definition) is 1. The number of thioether (sulfide) groups is 1. The molecule has 24 heavy (non-hydrogen) atoms. The summed E-state index contributed by atoms with van der Waals surface area (Å²) in [5, 5.41) is 19.5. The summed E-state index contributed by atoms with van der Waals surface area (Å²) in [6, 6.07) is 14.0. The van der Waals surface area contributed by atoms with E-state index in [1.807, 2.05) is 24.3 Å². The van der Waals surface area contributed by atoms with Crippen molar-refractivity contribution in [3.05, 3.63) is 68.7 Å². The molecular formula is C15H12BrN5O2S. The summed E-state index contributed by atoms with van der Waals surface area (Å²) >= 11 is 4.89. The molecule has 0 bridgehead atoms. The largest absolute Gasteiger partial charge is 0.335 e. The van der Waals surface area contributed by atoms with Crippen molar-refractivity contribution in [2.45, 2.75) is 10.9 Å². The van der Waals surface area contributed by atoms with Gasteiger partial charge in [-0.25, -0.2) is 4.68 Å². The lowest BCUT2D eigenvalue weighted by molar-refractivity contribution is -0.384. The van der Waals surface area contributed by atoms with Crippen LogP contribution in [0.5, 0.6) is 0 Å². The van der Waals surface area contributed by atoms with E-state index in [4.69, 9.17) is 5.84 Å². The van der Waals surface area contributed by atoms with Gasteiger partial charge in [0, 0.05) is 27.9 Å². The molecule has 122 valence electrons. The zero-order valence-electron chi connectivity index (χ0n) is 12.3. The standard InChI is InChI=1S/C15H12BrN5O2S/c16-13-4-2-1-3-12(13)14-18-19-15(20(14)17)24-9-10-5-7-11(8-6-10)21(22)23/h1-8H,9,17H2. The van der Waals surface area contributed by atoms with E-state index in [-0.39, 0.29) is 5.69 Å². The Labute approximate surface area is 150 Å². The van der Waals surface area contributed by atoms with Crippen molar-refractivity contribution >= 4 is 33.4 Å². The maximum Gasteiger partial charge on any atom is 0.269 e. The van der Waals surface area contributed by atoms with E-state index >= 15 is 0 Å². The number of nitrogen functional groups attached to an aromatic ring is 1. The van der Waals surface area contributed by atoms with Crippen LogP contribution in [-0.4, -0.2) is 19.8 Å². The minimum absolute atomic E-state index is 0.0713. The molecule has 3 aromatic rings. The Morgan fingerprint density at radius 2 is 1.88 bits per heavy atom. The van der Waals surface area contributed by atoms with E-state index in [1.54, 1.807) is 12.1 Å². The van der Waals surface area contributed by atoms with Crippen molar-refractivity contribution in [3.63, 3.8) is 0 Å². The monoisotopic (exact) mass is 405 g/mol. The van der Waals surface area contributed by atoms with Gasteiger partial charge in [-0.05, 0) is 17.7 Å². The highest BCUT2D eigenvalue weighted by Crippen LogP contribution is 2.29. The van der Waals surface area contributed by atoms with Crippen LogP contribution in [0.25, 0.3) is 11.4 Å². The first-order valence-corrected chi connectivity index (χ1v) is 8.65. The Bertz CT molecular complexity index is 882. The van der Waals surface area contributed by atoms with E-state index in [0.29, 0.717) is 16.7 Å². The van der Waals surface area contributed by atoms with Crippen LogP contribution in [0.4, 0.5) is 5.69 Å². The lowest BCUT2D eigenvalue weighted by Crippen LogP contribution is -2.11. The van der Waals surface area contributed by atoms with Gasteiger partial charge < -0.3 is 5.84 Å². The van der Waals surface area contributed by atoms with Gasteiger partial charge in [0.25, 0.3) is 5.69 Å². The summed E-state index contributed by atoms with van der Waals surface area (Å²) in [7, 11) is 0. The van der Waals surface area contributed by atoms with Gasteiger partial charge in [0.2, 0.25) is 5.16 Å². The lowest BCUT2D eigenvalue weighted by atomic mass is 10.2. The third-order valence-corrected chi connectivity index (χ3v) is 5.00. The summed E-state index contributed by atoms with van der Waals surface area (Å²) in [5.41, 5.74) is 1.87. The fraction of sp³-hybridized carbons (Fsp3) is 0.0667. The van der Waals surface area contributed by atoms with Crippen molar-refractivity contribution in [2.75, 3.05) is 5.84 Å². The smallest absolute Gasteiger partial charge is 0.269 e. The van der Waals surface area contributed by atoms with Gasteiger partial charge in [-0.15, -0.1) is 10.2 Å². The predicted octanol–water partition coefficient (Wildman–Crippen LogP) is 3.62. The van der Waals surface area contributed by atoms with Crippen molar-refractivity contribution in [1.29, 1.82) is 0 Å². The molecule has 9 heteroatoms. The van der Waals surface area contributed by atoms with Crippen LogP contribution in [0.1, 0.15) is 5.56 Å². The molecule has 2 N–H and O–H groups in total. The van der Waals surface area contributed by atoms with Crippen molar-refractivity contribution in [3.8, 4) is 11.4 Å². The minimum Gasteiger partial charge on any atom is -0.335 e. The molecule has 1 heterocycles. The average molecular weight is 406 g/mol. The Morgan fingerprint density at radius 1 is 1.17 bits per heavy atom. The van der Waals surface area contributed by atoms with Crippen LogP contribution in [-0.2, 0) is 5.75 Å². The second-order valence-corrected chi connectivity index (χ2v) is 6.67. The van der Waals surface area contributed by atoms with Crippen LogP contribution in [0, 0.1) is 10.1 Å². The number of nitrogens with zero attached hydrogens (tertiary/aromatic N) is 4. The number of benzene rings is 2. The van der Waals surface area contributed by atoms with Gasteiger partial charge in [0.15, 0.2) is 5.82 Å². The summed E-state index contributed by atoms with van der Waals surface area (Å²) in [6.07, 6.45) is 0. The SMILES string of the molecule is Nn1c(SCc2ccc([N+](=O)[O-])cc2)nnc1-c1ccccc1Br. The summed E-state index contributed by atoms with van der Waals surface area (Å²) in [5.74, 6) is 7.24. The Morgan fingerprint density at radius 3 is 2.54 bits per heavy atom. The van der Waals surface area contributed by atoms with Crippen LogP contribution in [0.15, 0.2) is 58.2 Å². The molecule has 0 unspecified atom stereocenters. The number of nitro benzene ring substituents is 1. The summed E-state index contributed by atoms with van der Waals surface area (Å²) in [4.78, 5) is 10.2. The number of non-ortho nitro benzene ring substituents is 1. The molecule has 2 aromatic carbocycles. The van der Waals surface area contributed by atoms with Crippen molar-refractivity contribution in [1.82, 2.24) is 14.9 Å². The highest BCUT2D eigenvalue weighted by atomic mass is 79.9. The molecule has 0 spiro atoms. The first-order chi connectivity index (χ1) is 11.6. The van der Waals surface area contributed by atoms with Crippen molar-refractivity contribution < 1.29 is 4.92 Å². The first kappa shape index (κ1) is 16.5. The number of hydrogen-bond acceptors (Lipinski definition) is 6. The molecular weight excluding hydrogens is 394 g/mol. The topological polar surface area (TPSA) is 99.9 Å². The number of rotatable bonds is 5. The minimum atomic E-state index is -0.419. The van der Waals surface area contributed by atoms with Gasteiger partial charge >= 0.3 is 0 Å². The predicted molar refractivity (Wildman–Crippen MR) is 96.0 cm³/mol. The average Bonchev–Trinajstić information content (AvgIpc) is 2.94. The van der Waals surface area contributed by atoms with Crippen LogP contribution in [0.3, 0.4) is 0 Å². The van der Waals surface area contributed by atoms with E-state index in [9.17, 15) is 10.1 Å². The summed E-state index contributed by atoms with van der Waals surface area (Å²) < 4.78 is 2.33. The molecule has 0 fully saturated rings. The van der Waals surface area contributed by atoms with Crippen molar-refractivity contribution in [2.24, 2.45) is 0 Å². The molecule has 3 rings (SSSR count). The number of halogens is 1. The van der Waals surface area contributed by atoms with Gasteiger partial charge in [-0.2, -0.15) is 0 Å². The highest BCUT2D eigenvalue weighted by molar-refractivity contribution is 9.10. The fourth-order valence-electron chi connectivity index (χ4n) is 2.06. The highest BCUT2D eigenvalue weighted by Gasteiger charge is 2.14. The van der Waals surface area contributed by atoms with Crippen LogP contribution >= 0.6 is 27.7 Å². The lowest BCUT2D eigenvalue weighted by Gasteiger charge is -2.05. The zero-order chi connectivity index (χ0) is 17.1. The number of nitrogens with two attached hydrogens (primary N) is 1. The molecule has 0 radical (unpaired) electrons. The van der Waals surface area contributed by atoms with Gasteiger partial charge in [-0.1, -0.05) is 52.0 Å². The van der Waals surface area contributed by atoms with E-state index in [2.05, 4.69) is 26.1 Å². The molecule has 0 aliphatic rings. The fourth-order valence-corrected chi connectivity index (χ4v) is 3.34. The molecule has 0 aliphatic carbocycles. The molecule has 0 saturated carbocycles. The van der Waals surface area contributed by atoms with Crippen LogP contribution in [0.2, 0.25) is 0 Å². The Kier molecular flexibility index (Phi) is 4.81. The molecule has 0 atom stereocenters. The Hall–Kier alpha value is -2.39. The number of aromatic nitrogens is 3. The molecule has 0 aliphatic heterocycles. The van der Waals surface area contributed by atoms with Gasteiger partial charge in [0.05, 0.1) is 4.92 Å². The maximum absolute atomic E-state index is 10.7. The van der Waals surface area contributed by atoms with E-state index in [1.165, 1.54) is 28.6 Å². The zero-order valence-corrected chi connectivity index (χ0v) is 14.7. The quantitative estimate of drug-likeness (QED) is 0.301. The van der Waals surface area contributed by atoms with Gasteiger partial charge in [0.1, 0.15) is 0 Å². The number of nitro groups is 1. The normalized spacial score (nSPS) is 10.7. The van der Waals surface area contributed by atoms with E-state index < -0.39 is 4.92 Å². The molecule has 7 nitrogen and oxygen atoms in total. The molecule has 0 saturated heterocycles. The second-order valence-electron chi connectivity index (χ2n) is 4.87. The molecule has 0 amide bonds. The van der Waals surface area contributed by atoms with E-state index in [0.717, 1.165) is 15.6 Å². The second kappa shape index (κ2) is 7.02. The summed E-state index contributed by atoms with van der Waals surface area (Å²) in [6.45, 7) is 0. The molecule has 1 aromatic heterocycles. The third kappa shape index (κ3) is 3.41. The Balaban J connectivity index is 1.75. The maximum atomic E-state index is 10.7. The first-order valence-electron chi connectivity index (χ1n) is 6.88.